The molecular formula is C25H28ClN3O3. The number of oxazole rings is 1. The van der Waals surface area contributed by atoms with Gasteiger partial charge < -0.3 is 14.5 Å². The van der Waals surface area contributed by atoms with E-state index in [-0.39, 0.29) is 11.9 Å². The van der Waals surface area contributed by atoms with Crippen LogP contribution in [0.4, 0.5) is 0 Å². The minimum absolute atomic E-state index is 0.0466. The lowest BCUT2D eigenvalue weighted by Crippen LogP contribution is -2.44. The molecule has 0 radical (unpaired) electrons. The molecule has 0 unspecified atom stereocenters. The second-order valence-electron chi connectivity index (χ2n) is 8.09. The van der Waals surface area contributed by atoms with Crippen molar-refractivity contribution in [2.75, 3.05) is 20.2 Å². The van der Waals surface area contributed by atoms with Gasteiger partial charge in [-0.15, -0.1) is 0 Å². The molecule has 168 valence electrons. The fourth-order valence-electron chi connectivity index (χ4n) is 3.92. The minimum Gasteiger partial charge on any atom is -0.497 e. The Bertz CT molecular complexity index is 1010. The topological polar surface area (TPSA) is 67.6 Å². The Morgan fingerprint density at radius 3 is 2.56 bits per heavy atom. The van der Waals surface area contributed by atoms with Gasteiger partial charge in [-0.2, -0.15) is 0 Å². The summed E-state index contributed by atoms with van der Waals surface area (Å²) in [5.74, 6) is 2.10. The minimum atomic E-state index is 0.0466. The molecule has 7 heteroatoms. The van der Waals surface area contributed by atoms with Gasteiger partial charge in [-0.25, -0.2) is 4.98 Å². The monoisotopic (exact) mass is 453 g/mol. The summed E-state index contributed by atoms with van der Waals surface area (Å²) in [5.41, 5.74) is 2.19. The van der Waals surface area contributed by atoms with Crippen LogP contribution in [0.15, 0.2) is 59.1 Å². The molecule has 2 heterocycles. The van der Waals surface area contributed by atoms with Crippen molar-refractivity contribution in [3.63, 3.8) is 0 Å². The summed E-state index contributed by atoms with van der Waals surface area (Å²) in [5, 5.41) is 3.93. The van der Waals surface area contributed by atoms with Crippen molar-refractivity contribution in [2.45, 2.75) is 38.3 Å². The maximum Gasteiger partial charge on any atom is 0.220 e. The number of carbonyl (C=O) groups excluding carboxylic acids is 1. The van der Waals surface area contributed by atoms with Crippen LogP contribution in [0.1, 0.15) is 30.7 Å². The van der Waals surface area contributed by atoms with Crippen molar-refractivity contribution in [2.24, 2.45) is 0 Å². The third-order valence-corrected chi connectivity index (χ3v) is 6.02. The zero-order valence-corrected chi connectivity index (χ0v) is 19.0. The van der Waals surface area contributed by atoms with Gasteiger partial charge in [0.25, 0.3) is 0 Å². The van der Waals surface area contributed by atoms with Crippen molar-refractivity contribution in [1.29, 1.82) is 0 Å². The van der Waals surface area contributed by atoms with E-state index in [2.05, 4.69) is 27.3 Å². The van der Waals surface area contributed by atoms with E-state index in [4.69, 9.17) is 20.8 Å². The second-order valence-corrected chi connectivity index (χ2v) is 8.53. The highest BCUT2D eigenvalue weighted by Gasteiger charge is 2.21. The summed E-state index contributed by atoms with van der Waals surface area (Å²) in [6.07, 6.45) is 4.47. The van der Waals surface area contributed by atoms with Crippen LogP contribution in [0.5, 0.6) is 5.75 Å². The Kier molecular flexibility index (Phi) is 7.45. The molecule has 1 saturated heterocycles. The number of halogens is 1. The number of amides is 1. The number of ether oxygens (including phenoxy) is 1. The summed E-state index contributed by atoms with van der Waals surface area (Å²) in [6.45, 7) is 2.86. The number of carbonyl (C=O) groups is 1. The highest BCUT2D eigenvalue weighted by atomic mass is 35.5. The zero-order valence-electron chi connectivity index (χ0n) is 18.2. The predicted molar refractivity (Wildman–Crippen MR) is 125 cm³/mol. The van der Waals surface area contributed by atoms with Gasteiger partial charge in [0, 0.05) is 49.1 Å². The third kappa shape index (κ3) is 6.11. The number of hydrogen-bond acceptors (Lipinski definition) is 5. The highest BCUT2D eigenvalue weighted by molar-refractivity contribution is 6.30. The van der Waals surface area contributed by atoms with E-state index < -0.39 is 0 Å². The molecule has 3 aromatic rings. The first-order valence-corrected chi connectivity index (χ1v) is 11.3. The number of aromatic nitrogens is 1. The van der Waals surface area contributed by atoms with Gasteiger partial charge in [-0.3, -0.25) is 9.69 Å². The van der Waals surface area contributed by atoms with Crippen LogP contribution >= 0.6 is 11.6 Å². The van der Waals surface area contributed by atoms with Crippen molar-refractivity contribution >= 4 is 17.5 Å². The molecule has 1 aromatic heterocycles. The molecule has 6 nitrogen and oxygen atoms in total. The van der Waals surface area contributed by atoms with E-state index in [0.717, 1.165) is 48.8 Å². The molecule has 1 fully saturated rings. The van der Waals surface area contributed by atoms with Crippen molar-refractivity contribution in [1.82, 2.24) is 15.2 Å². The van der Waals surface area contributed by atoms with Crippen molar-refractivity contribution < 1.29 is 13.9 Å². The second kappa shape index (κ2) is 10.7. The number of likely N-dealkylation sites (tertiary alicyclic amines) is 1. The molecular weight excluding hydrogens is 426 g/mol. The maximum absolute atomic E-state index is 12.4. The number of aryl methyl sites for hydroxylation is 1. The Balaban J connectivity index is 1.19. The van der Waals surface area contributed by atoms with Crippen LogP contribution < -0.4 is 10.1 Å². The summed E-state index contributed by atoms with van der Waals surface area (Å²) in [7, 11) is 1.64. The Morgan fingerprint density at radius 2 is 1.88 bits per heavy atom. The van der Waals surface area contributed by atoms with Gasteiger partial charge >= 0.3 is 0 Å². The van der Waals surface area contributed by atoms with Crippen LogP contribution in [-0.4, -0.2) is 42.0 Å². The van der Waals surface area contributed by atoms with E-state index in [0.29, 0.717) is 24.5 Å². The zero-order chi connectivity index (χ0) is 22.3. The third-order valence-electron chi connectivity index (χ3n) is 5.77. The van der Waals surface area contributed by atoms with Gasteiger partial charge in [-0.1, -0.05) is 23.7 Å². The van der Waals surface area contributed by atoms with Crippen molar-refractivity contribution in [3.05, 3.63) is 71.2 Å². The summed E-state index contributed by atoms with van der Waals surface area (Å²) in [6, 6.07) is 15.8. The Hall–Kier alpha value is -2.83. The Morgan fingerprint density at radius 1 is 1.16 bits per heavy atom. The molecule has 0 bridgehead atoms. The SMILES string of the molecule is COc1ccc(-c2cnc(CCC(=O)NC3CCN(Cc4ccc(Cl)cc4)CC3)o2)cc1. The number of methoxy groups -OCH3 is 1. The smallest absolute Gasteiger partial charge is 0.220 e. The van der Waals surface area contributed by atoms with Gasteiger partial charge in [0.05, 0.1) is 13.3 Å². The molecule has 1 N–H and O–H groups in total. The molecule has 1 amide bonds. The number of hydrogen-bond donors (Lipinski definition) is 1. The number of nitrogens with one attached hydrogen (secondary N) is 1. The molecule has 0 aliphatic carbocycles. The Labute approximate surface area is 193 Å². The van der Waals surface area contributed by atoms with Crippen LogP contribution in [0, 0.1) is 0 Å². The van der Waals surface area contributed by atoms with E-state index in [1.165, 1.54) is 5.56 Å². The van der Waals surface area contributed by atoms with Gasteiger partial charge in [0.2, 0.25) is 5.91 Å². The average molecular weight is 454 g/mol. The summed E-state index contributed by atoms with van der Waals surface area (Å²) >= 11 is 5.96. The van der Waals surface area contributed by atoms with Gasteiger partial charge in [0.15, 0.2) is 11.7 Å². The first-order valence-electron chi connectivity index (χ1n) is 10.9. The van der Waals surface area contributed by atoms with E-state index in [9.17, 15) is 4.79 Å². The molecule has 0 saturated carbocycles. The van der Waals surface area contributed by atoms with E-state index >= 15 is 0 Å². The molecule has 32 heavy (non-hydrogen) atoms. The lowest BCUT2D eigenvalue weighted by Gasteiger charge is -2.32. The summed E-state index contributed by atoms with van der Waals surface area (Å²) in [4.78, 5) is 19.1. The highest BCUT2D eigenvalue weighted by Crippen LogP contribution is 2.23. The van der Waals surface area contributed by atoms with Gasteiger partial charge in [-0.05, 0) is 54.8 Å². The molecule has 0 spiro atoms. The van der Waals surface area contributed by atoms with Crippen LogP contribution in [0.25, 0.3) is 11.3 Å². The standard InChI is InChI=1S/C25H28ClN3O3/c1-31-22-8-4-19(5-9-22)23-16-27-25(32-23)11-10-24(30)28-21-12-14-29(15-13-21)17-18-2-6-20(26)7-3-18/h2-9,16,21H,10-15,17H2,1H3,(H,28,30). The number of piperidine rings is 1. The lowest BCUT2D eigenvalue weighted by atomic mass is 10.0. The van der Waals surface area contributed by atoms with Crippen LogP contribution in [0.2, 0.25) is 5.02 Å². The first kappa shape index (κ1) is 22.4. The molecule has 4 rings (SSSR count). The largest absolute Gasteiger partial charge is 0.497 e. The number of benzene rings is 2. The first-order chi connectivity index (χ1) is 15.6. The molecule has 1 aliphatic rings. The van der Waals surface area contributed by atoms with Crippen molar-refractivity contribution in [3.8, 4) is 17.1 Å². The quantitative estimate of drug-likeness (QED) is 0.534. The summed E-state index contributed by atoms with van der Waals surface area (Å²) < 4.78 is 11.0. The predicted octanol–water partition coefficient (Wildman–Crippen LogP) is 4.72. The van der Waals surface area contributed by atoms with E-state index in [1.807, 2.05) is 36.4 Å². The maximum atomic E-state index is 12.4. The normalized spacial score (nSPS) is 14.9. The molecule has 1 aliphatic heterocycles. The lowest BCUT2D eigenvalue weighted by molar-refractivity contribution is -0.122. The van der Waals surface area contributed by atoms with Gasteiger partial charge in [0.1, 0.15) is 5.75 Å². The van der Waals surface area contributed by atoms with Crippen LogP contribution in [0.3, 0.4) is 0 Å². The molecule has 0 atom stereocenters. The van der Waals surface area contributed by atoms with E-state index in [1.54, 1.807) is 13.3 Å². The average Bonchev–Trinajstić information content (AvgIpc) is 3.30. The fraction of sp³-hybridized carbons (Fsp3) is 0.360. The fourth-order valence-corrected chi connectivity index (χ4v) is 4.04. The number of rotatable bonds is 8. The van der Waals surface area contributed by atoms with Crippen LogP contribution in [-0.2, 0) is 17.8 Å². The number of nitrogens with zero attached hydrogens (tertiary/aromatic N) is 2. The molecule has 2 aromatic carbocycles.